The predicted molar refractivity (Wildman–Crippen MR) is 51.1 cm³/mol. The molecule has 2 unspecified atom stereocenters. The largest absolute Gasteiger partial charge is 0.481 e. The Morgan fingerprint density at radius 1 is 1.50 bits per heavy atom. The van der Waals surface area contributed by atoms with E-state index in [9.17, 15) is 4.79 Å². The minimum atomic E-state index is -0.638. The van der Waals surface area contributed by atoms with E-state index >= 15 is 0 Å². The molecular weight excluding hydrogens is 182 g/mol. The lowest BCUT2D eigenvalue weighted by Gasteiger charge is -2.29. The molecule has 0 spiro atoms. The SMILES string of the molecule is CC1OC1CN1CCC(C(=O)O)CC1. The number of nitrogens with zero attached hydrogens (tertiary/aromatic N) is 1. The molecule has 0 aromatic heterocycles. The first-order valence-corrected chi connectivity index (χ1v) is 5.27. The number of carbonyl (C=O) groups is 1. The molecule has 0 aromatic carbocycles. The molecule has 0 bridgehead atoms. The Morgan fingerprint density at radius 2 is 2.07 bits per heavy atom. The van der Waals surface area contributed by atoms with E-state index in [4.69, 9.17) is 9.84 Å². The number of epoxide rings is 1. The van der Waals surface area contributed by atoms with Crippen molar-refractivity contribution in [3.63, 3.8) is 0 Å². The minimum absolute atomic E-state index is 0.121. The average molecular weight is 199 g/mol. The van der Waals surface area contributed by atoms with Crippen LogP contribution in [0.15, 0.2) is 0 Å². The molecule has 0 aromatic rings. The lowest BCUT2D eigenvalue weighted by Crippen LogP contribution is -2.38. The van der Waals surface area contributed by atoms with E-state index in [0.717, 1.165) is 32.5 Å². The maximum Gasteiger partial charge on any atom is 0.306 e. The number of carboxylic acid groups (broad SMARTS) is 1. The van der Waals surface area contributed by atoms with E-state index in [1.807, 2.05) is 0 Å². The number of piperidine rings is 1. The zero-order valence-corrected chi connectivity index (χ0v) is 8.48. The van der Waals surface area contributed by atoms with E-state index < -0.39 is 5.97 Å². The average Bonchev–Trinajstić information content (AvgIpc) is 2.82. The molecule has 2 fully saturated rings. The van der Waals surface area contributed by atoms with Crippen LogP contribution in [0.2, 0.25) is 0 Å². The van der Waals surface area contributed by atoms with Crippen LogP contribution in [0.25, 0.3) is 0 Å². The molecule has 2 aliphatic heterocycles. The van der Waals surface area contributed by atoms with Crippen LogP contribution < -0.4 is 0 Å². The summed E-state index contributed by atoms with van der Waals surface area (Å²) in [5, 5.41) is 8.82. The Morgan fingerprint density at radius 3 is 2.50 bits per heavy atom. The first-order valence-electron chi connectivity index (χ1n) is 5.27. The van der Waals surface area contributed by atoms with Gasteiger partial charge < -0.3 is 14.7 Å². The van der Waals surface area contributed by atoms with Crippen molar-refractivity contribution in [3.05, 3.63) is 0 Å². The molecule has 2 aliphatic rings. The third kappa shape index (κ3) is 2.25. The monoisotopic (exact) mass is 199 g/mol. The lowest BCUT2D eigenvalue weighted by molar-refractivity contribution is -0.143. The second-order valence-electron chi connectivity index (χ2n) is 4.29. The molecule has 14 heavy (non-hydrogen) atoms. The first-order chi connectivity index (χ1) is 6.66. The number of ether oxygens (including phenoxy) is 1. The summed E-state index contributed by atoms with van der Waals surface area (Å²) in [6, 6.07) is 0. The summed E-state index contributed by atoms with van der Waals surface area (Å²) in [6.07, 6.45) is 2.39. The van der Waals surface area contributed by atoms with Gasteiger partial charge in [-0.05, 0) is 32.9 Å². The van der Waals surface area contributed by atoms with Crippen molar-refractivity contribution in [2.75, 3.05) is 19.6 Å². The predicted octanol–water partition coefficient (Wildman–Crippen LogP) is 0.570. The van der Waals surface area contributed by atoms with Gasteiger partial charge in [-0.3, -0.25) is 4.79 Å². The third-order valence-corrected chi connectivity index (χ3v) is 3.21. The molecule has 4 nitrogen and oxygen atoms in total. The Hall–Kier alpha value is -0.610. The molecule has 2 atom stereocenters. The van der Waals surface area contributed by atoms with Gasteiger partial charge in [-0.1, -0.05) is 0 Å². The number of aliphatic carboxylic acids is 1. The van der Waals surface area contributed by atoms with Gasteiger partial charge in [0.15, 0.2) is 0 Å². The van der Waals surface area contributed by atoms with Crippen molar-refractivity contribution in [2.24, 2.45) is 5.92 Å². The lowest BCUT2D eigenvalue weighted by atomic mass is 9.97. The van der Waals surface area contributed by atoms with Crippen LogP contribution in [0, 0.1) is 5.92 Å². The van der Waals surface area contributed by atoms with Gasteiger partial charge in [0, 0.05) is 6.54 Å². The minimum Gasteiger partial charge on any atom is -0.481 e. The third-order valence-electron chi connectivity index (χ3n) is 3.21. The molecular formula is C10H17NO3. The fraction of sp³-hybridized carbons (Fsp3) is 0.900. The van der Waals surface area contributed by atoms with Crippen LogP contribution in [0.1, 0.15) is 19.8 Å². The zero-order valence-electron chi connectivity index (χ0n) is 8.48. The van der Waals surface area contributed by atoms with Crippen LogP contribution in [-0.2, 0) is 9.53 Å². The summed E-state index contributed by atoms with van der Waals surface area (Å²) in [5.41, 5.74) is 0. The topological polar surface area (TPSA) is 53.1 Å². The molecule has 0 aliphatic carbocycles. The molecule has 1 N–H and O–H groups in total. The summed E-state index contributed by atoms with van der Waals surface area (Å²) in [4.78, 5) is 13.0. The molecule has 0 amide bonds. The highest BCUT2D eigenvalue weighted by atomic mass is 16.6. The second kappa shape index (κ2) is 3.87. The van der Waals surface area contributed by atoms with Crippen LogP contribution in [0.5, 0.6) is 0 Å². The van der Waals surface area contributed by atoms with E-state index in [0.29, 0.717) is 12.2 Å². The summed E-state index contributed by atoms with van der Waals surface area (Å²) >= 11 is 0. The highest BCUT2D eigenvalue weighted by Gasteiger charge is 2.36. The molecule has 80 valence electrons. The van der Waals surface area contributed by atoms with Crippen LogP contribution >= 0.6 is 0 Å². The first kappa shape index (κ1) is 9.93. The van der Waals surface area contributed by atoms with Crippen molar-refractivity contribution in [1.82, 2.24) is 4.90 Å². The Balaban J connectivity index is 1.70. The number of rotatable bonds is 3. The fourth-order valence-electron chi connectivity index (χ4n) is 2.04. The Bertz CT molecular complexity index is 223. The van der Waals surface area contributed by atoms with E-state index in [-0.39, 0.29) is 5.92 Å². The van der Waals surface area contributed by atoms with E-state index in [1.54, 1.807) is 0 Å². The van der Waals surface area contributed by atoms with E-state index in [2.05, 4.69) is 11.8 Å². The quantitative estimate of drug-likeness (QED) is 0.675. The molecule has 4 heteroatoms. The molecule has 2 heterocycles. The number of hydrogen-bond acceptors (Lipinski definition) is 3. The Labute approximate surface area is 83.8 Å². The summed E-state index contributed by atoms with van der Waals surface area (Å²) in [6.45, 7) is 4.87. The van der Waals surface area contributed by atoms with Gasteiger partial charge in [-0.25, -0.2) is 0 Å². The summed E-state index contributed by atoms with van der Waals surface area (Å²) in [5.74, 6) is -0.760. The van der Waals surface area contributed by atoms with Gasteiger partial charge in [0.2, 0.25) is 0 Å². The van der Waals surface area contributed by atoms with Gasteiger partial charge in [-0.2, -0.15) is 0 Å². The highest BCUT2D eigenvalue weighted by Crippen LogP contribution is 2.24. The van der Waals surface area contributed by atoms with Crippen molar-refractivity contribution in [2.45, 2.75) is 32.0 Å². The normalized spacial score (nSPS) is 34.4. The highest BCUT2D eigenvalue weighted by molar-refractivity contribution is 5.70. The van der Waals surface area contributed by atoms with Gasteiger partial charge in [0.05, 0.1) is 18.1 Å². The van der Waals surface area contributed by atoms with Gasteiger partial charge in [-0.15, -0.1) is 0 Å². The molecule has 2 rings (SSSR count). The van der Waals surface area contributed by atoms with Gasteiger partial charge in [0.1, 0.15) is 0 Å². The van der Waals surface area contributed by atoms with Gasteiger partial charge in [0.25, 0.3) is 0 Å². The smallest absolute Gasteiger partial charge is 0.306 e. The van der Waals surface area contributed by atoms with Crippen LogP contribution in [0.3, 0.4) is 0 Å². The second-order valence-corrected chi connectivity index (χ2v) is 4.29. The van der Waals surface area contributed by atoms with Gasteiger partial charge >= 0.3 is 5.97 Å². The molecule has 0 radical (unpaired) electrons. The fourth-order valence-corrected chi connectivity index (χ4v) is 2.04. The molecule has 2 saturated heterocycles. The number of likely N-dealkylation sites (tertiary alicyclic amines) is 1. The summed E-state index contributed by atoms with van der Waals surface area (Å²) < 4.78 is 5.34. The van der Waals surface area contributed by atoms with Crippen LogP contribution in [-0.4, -0.2) is 47.8 Å². The zero-order chi connectivity index (χ0) is 10.1. The molecule has 0 saturated carbocycles. The Kier molecular flexibility index (Phi) is 2.74. The van der Waals surface area contributed by atoms with Crippen LogP contribution in [0.4, 0.5) is 0 Å². The van der Waals surface area contributed by atoms with Crippen molar-refractivity contribution < 1.29 is 14.6 Å². The van der Waals surface area contributed by atoms with Crippen molar-refractivity contribution >= 4 is 5.97 Å². The van der Waals surface area contributed by atoms with Crippen molar-refractivity contribution in [3.8, 4) is 0 Å². The standard InChI is InChI=1S/C10H17NO3/c1-7-9(14-7)6-11-4-2-8(3-5-11)10(12)13/h7-9H,2-6H2,1H3,(H,12,13). The number of carboxylic acids is 1. The van der Waals surface area contributed by atoms with Crippen molar-refractivity contribution in [1.29, 1.82) is 0 Å². The summed E-state index contributed by atoms with van der Waals surface area (Å²) in [7, 11) is 0. The maximum atomic E-state index is 10.7. The van der Waals surface area contributed by atoms with E-state index in [1.165, 1.54) is 0 Å². The number of hydrogen-bond donors (Lipinski definition) is 1. The maximum absolute atomic E-state index is 10.7.